The predicted octanol–water partition coefficient (Wildman–Crippen LogP) is 1.86. The van der Waals surface area contributed by atoms with Gasteiger partial charge in [0.2, 0.25) is 5.75 Å². The second kappa shape index (κ2) is 6.13. The molecule has 2 rings (SSSR count). The minimum atomic E-state index is -0.243. The highest BCUT2D eigenvalue weighted by Crippen LogP contribution is 2.29. The average molecular weight is 269 g/mol. The van der Waals surface area contributed by atoms with Crippen molar-refractivity contribution in [3.8, 4) is 5.75 Å². The van der Waals surface area contributed by atoms with Gasteiger partial charge in [0, 0.05) is 11.3 Å². The van der Waals surface area contributed by atoms with E-state index in [2.05, 4.69) is 21.5 Å². The van der Waals surface area contributed by atoms with Crippen LogP contribution in [0.3, 0.4) is 0 Å². The van der Waals surface area contributed by atoms with Crippen molar-refractivity contribution in [3.05, 3.63) is 16.7 Å². The maximum atomic E-state index is 11.6. The Kier molecular flexibility index (Phi) is 4.52. The molecule has 5 nitrogen and oxygen atoms in total. The van der Waals surface area contributed by atoms with Gasteiger partial charge >= 0.3 is 0 Å². The summed E-state index contributed by atoms with van der Waals surface area (Å²) in [5.74, 6) is 0.816. The molecule has 18 heavy (non-hydrogen) atoms. The van der Waals surface area contributed by atoms with Gasteiger partial charge in [-0.05, 0) is 25.5 Å². The molecule has 1 aliphatic rings. The van der Waals surface area contributed by atoms with Crippen molar-refractivity contribution in [2.24, 2.45) is 0 Å². The zero-order chi connectivity index (χ0) is 13.0. The maximum Gasteiger partial charge on any atom is 0.295 e. The number of rotatable bonds is 4. The van der Waals surface area contributed by atoms with Gasteiger partial charge in [0.1, 0.15) is 0 Å². The fraction of sp³-hybridized carbons (Fsp3) is 0.667. The van der Waals surface area contributed by atoms with E-state index in [-0.39, 0.29) is 11.3 Å². The summed E-state index contributed by atoms with van der Waals surface area (Å²) in [5.41, 5.74) is -0.243. The third kappa shape index (κ3) is 2.98. The number of nitrogens with one attached hydrogen (secondary N) is 2. The summed E-state index contributed by atoms with van der Waals surface area (Å²) in [4.78, 5) is 18.2. The van der Waals surface area contributed by atoms with E-state index >= 15 is 0 Å². The molecule has 0 aliphatic heterocycles. The largest absolute Gasteiger partial charge is 0.489 e. The summed E-state index contributed by atoms with van der Waals surface area (Å²) in [6.45, 7) is 0. The number of methoxy groups -OCH3 is 1. The number of thioether (sulfide) groups is 1. The average Bonchev–Trinajstić information content (AvgIpc) is 2.39. The Labute approximate surface area is 111 Å². The Morgan fingerprint density at radius 3 is 3.11 bits per heavy atom. The quantitative estimate of drug-likeness (QED) is 0.873. The third-order valence-electron chi connectivity index (χ3n) is 3.31. The highest BCUT2D eigenvalue weighted by molar-refractivity contribution is 7.99. The van der Waals surface area contributed by atoms with Crippen molar-refractivity contribution < 1.29 is 4.74 Å². The van der Waals surface area contributed by atoms with Crippen molar-refractivity contribution in [3.63, 3.8) is 0 Å². The van der Waals surface area contributed by atoms with Gasteiger partial charge in [0.15, 0.2) is 5.82 Å². The molecule has 1 saturated carbocycles. The monoisotopic (exact) mass is 269 g/mol. The van der Waals surface area contributed by atoms with E-state index in [1.165, 1.54) is 26.3 Å². The maximum absolute atomic E-state index is 11.6. The fourth-order valence-electron chi connectivity index (χ4n) is 2.36. The van der Waals surface area contributed by atoms with Crippen molar-refractivity contribution in [1.29, 1.82) is 0 Å². The summed E-state index contributed by atoms with van der Waals surface area (Å²) >= 11 is 1.91. The van der Waals surface area contributed by atoms with Gasteiger partial charge in [0.25, 0.3) is 5.56 Å². The van der Waals surface area contributed by atoms with Crippen LogP contribution in [-0.4, -0.2) is 34.6 Å². The molecule has 1 fully saturated rings. The minimum absolute atomic E-state index is 0.243. The smallest absolute Gasteiger partial charge is 0.295 e. The van der Waals surface area contributed by atoms with E-state index < -0.39 is 0 Å². The van der Waals surface area contributed by atoms with Gasteiger partial charge < -0.3 is 15.0 Å². The molecule has 2 atom stereocenters. The molecule has 0 spiro atoms. The first-order chi connectivity index (χ1) is 8.74. The van der Waals surface area contributed by atoms with Crippen molar-refractivity contribution in [2.75, 3.05) is 18.7 Å². The molecule has 1 aliphatic carbocycles. The highest BCUT2D eigenvalue weighted by Gasteiger charge is 2.22. The van der Waals surface area contributed by atoms with E-state index in [9.17, 15) is 4.79 Å². The molecule has 0 aromatic carbocycles. The van der Waals surface area contributed by atoms with Gasteiger partial charge in [-0.25, -0.2) is 4.98 Å². The molecule has 1 aromatic rings. The third-order valence-corrected chi connectivity index (χ3v) is 4.41. The van der Waals surface area contributed by atoms with Gasteiger partial charge in [-0.1, -0.05) is 6.42 Å². The van der Waals surface area contributed by atoms with Crippen molar-refractivity contribution >= 4 is 17.6 Å². The van der Waals surface area contributed by atoms with E-state index in [1.54, 1.807) is 0 Å². The summed E-state index contributed by atoms with van der Waals surface area (Å²) in [5, 5.41) is 4.03. The normalized spacial score (nSPS) is 23.7. The molecular weight excluding hydrogens is 250 g/mol. The van der Waals surface area contributed by atoms with Crippen LogP contribution in [0.1, 0.15) is 25.7 Å². The summed E-state index contributed by atoms with van der Waals surface area (Å²) < 4.78 is 5.10. The van der Waals surface area contributed by atoms with Crippen LogP contribution >= 0.6 is 11.8 Å². The molecule has 100 valence electrons. The van der Waals surface area contributed by atoms with Crippen LogP contribution in [0.25, 0.3) is 0 Å². The summed E-state index contributed by atoms with van der Waals surface area (Å²) in [6, 6.07) is 0.374. The molecule has 0 bridgehead atoms. The highest BCUT2D eigenvalue weighted by atomic mass is 32.2. The number of aromatic nitrogens is 2. The van der Waals surface area contributed by atoms with E-state index in [0.29, 0.717) is 17.1 Å². The molecule has 0 amide bonds. The van der Waals surface area contributed by atoms with E-state index in [4.69, 9.17) is 4.74 Å². The number of hydrogen-bond donors (Lipinski definition) is 2. The molecule has 1 aromatic heterocycles. The number of H-pyrrole nitrogens is 1. The Bertz CT molecular complexity index is 449. The summed E-state index contributed by atoms with van der Waals surface area (Å²) in [7, 11) is 1.49. The number of ether oxygens (including phenoxy) is 1. The van der Waals surface area contributed by atoms with Gasteiger partial charge in [-0.2, -0.15) is 11.8 Å². The van der Waals surface area contributed by atoms with Crippen LogP contribution in [0, 0.1) is 0 Å². The van der Waals surface area contributed by atoms with Crippen LogP contribution in [0.15, 0.2) is 11.1 Å². The number of hydrogen-bond acceptors (Lipinski definition) is 5. The SMILES string of the molecule is COc1c(NC2CCCC(SC)C2)nc[nH]c1=O. The molecule has 1 heterocycles. The molecule has 0 saturated heterocycles. The first-order valence-electron chi connectivity index (χ1n) is 6.15. The Hall–Kier alpha value is -1.17. The summed E-state index contributed by atoms with van der Waals surface area (Å²) in [6.07, 6.45) is 8.28. The predicted molar refractivity (Wildman–Crippen MR) is 74.6 cm³/mol. The first-order valence-corrected chi connectivity index (χ1v) is 7.44. The van der Waals surface area contributed by atoms with Gasteiger partial charge in [-0.15, -0.1) is 0 Å². The first kappa shape index (κ1) is 13.3. The van der Waals surface area contributed by atoms with Gasteiger partial charge in [-0.3, -0.25) is 4.79 Å². The molecule has 0 radical (unpaired) electrons. The lowest BCUT2D eigenvalue weighted by Crippen LogP contribution is -2.29. The number of anilines is 1. The lowest BCUT2D eigenvalue weighted by Gasteiger charge is -2.29. The van der Waals surface area contributed by atoms with E-state index in [0.717, 1.165) is 12.8 Å². The molecular formula is C12H19N3O2S. The zero-order valence-corrected chi connectivity index (χ0v) is 11.5. The van der Waals surface area contributed by atoms with Crippen molar-refractivity contribution in [1.82, 2.24) is 9.97 Å². The number of aromatic amines is 1. The van der Waals surface area contributed by atoms with E-state index in [1.807, 2.05) is 11.8 Å². The topological polar surface area (TPSA) is 67.0 Å². The van der Waals surface area contributed by atoms with Crippen LogP contribution < -0.4 is 15.6 Å². The molecule has 2 N–H and O–H groups in total. The Balaban J connectivity index is 2.09. The van der Waals surface area contributed by atoms with Gasteiger partial charge in [0.05, 0.1) is 13.4 Å². The standard InChI is InChI=1S/C12H19N3O2S/c1-17-10-11(13-7-14-12(10)16)15-8-4-3-5-9(6-8)18-2/h7-9H,3-6H2,1-2H3,(H2,13,14,15,16). The number of nitrogens with zero attached hydrogens (tertiary/aromatic N) is 1. The molecule has 6 heteroatoms. The van der Waals surface area contributed by atoms with Crippen LogP contribution in [0.5, 0.6) is 5.75 Å². The van der Waals surface area contributed by atoms with Crippen LogP contribution in [-0.2, 0) is 0 Å². The second-order valence-electron chi connectivity index (χ2n) is 4.48. The Morgan fingerprint density at radius 1 is 1.56 bits per heavy atom. The minimum Gasteiger partial charge on any atom is -0.489 e. The lowest BCUT2D eigenvalue weighted by atomic mass is 9.95. The lowest BCUT2D eigenvalue weighted by molar-refractivity contribution is 0.405. The van der Waals surface area contributed by atoms with Crippen LogP contribution in [0.2, 0.25) is 0 Å². The van der Waals surface area contributed by atoms with Crippen molar-refractivity contribution in [2.45, 2.75) is 37.0 Å². The Morgan fingerprint density at radius 2 is 2.39 bits per heavy atom. The molecule has 2 unspecified atom stereocenters. The fourth-order valence-corrected chi connectivity index (χ4v) is 3.19. The van der Waals surface area contributed by atoms with Crippen LogP contribution in [0.4, 0.5) is 5.82 Å². The second-order valence-corrected chi connectivity index (χ2v) is 5.62. The zero-order valence-electron chi connectivity index (χ0n) is 10.7.